The molecule has 1 nitrogen and oxygen atoms in total. The molecule has 0 radical (unpaired) electrons. The van der Waals surface area contributed by atoms with Crippen molar-refractivity contribution in [1.29, 1.82) is 0 Å². The number of hydrogen-bond acceptors (Lipinski definition) is 1. The van der Waals surface area contributed by atoms with E-state index >= 15 is 0 Å². The van der Waals surface area contributed by atoms with Gasteiger partial charge in [-0.3, -0.25) is 0 Å². The van der Waals surface area contributed by atoms with Gasteiger partial charge in [-0.2, -0.15) is 13.2 Å². The molecule has 4 rings (SSSR count). The average molecular weight is 403 g/mol. The molecule has 4 heteroatoms. The van der Waals surface area contributed by atoms with Crippen molar-refractivity contribution in [3.8, 4) is 0 Å². The number of fused-ring (bicyclic) bond motifs is 5. The summed E-state index contributed by atoms with van der Waals surface area (Å²) in [6, 6.07) is 0. The molecule has 0 bridgehead atoms. The Balaban J connectivity index is 0.00000109. The first-order valence-corrected chi connectivity index (χ1v) is 11.9. The van der Waals surface area contributed by atoms with E-state index in [1.54, 1.807) is 0 Å². The average Bonchev–Trinajstić information content (AvgIpc) is 2.98. The van der Waals surface area contributed by atoms with Crippen LogP contribution in [-0.2, 0) is 0 Å². The zero-order valence-corrected chi connectivity index (χ0v) is 18.3. The van der Waals surface area contributed by atoms with Gasteiger partial charge in [-0.05, 0) is 105 Å². The van der Waals surface area contributed by atoms with E-state index in [2.05, 4.69) is 13.8 Å². The summed E-state index contributed by atoms with van der Waals surface area (Å²) >= 11 is 0. The molecular weight excluding hydrogens is 361 g/mol. The molecule has 4 aliphatic carbocycles. The fraction of sp³-hybridized carbons (Fsp3) is 1.00. The second-order valence-corrected chi connectivity index (χ2v) is 10.6. The maximum atomic E-state index is 12.8. The number of aliphatic hydroxyl groups excluding tert-OH is 1. The molecule has 8 atom stereocenters. The number of halogens is 3. The summed E-state index contributed by atoms with van der Waals surface area (Å²) in [4.78, 5) is 0. The first kappa shape index (κ1) is 22.4. The fourth-order valence-electron chi connectivity index (χ4n) is 8.16. The van der Waals surface area contributed by atoms with E-state index in [0.29, 0.717) is 29.6 Å². The van der Waals surface area contributed by atoms with Crippen molar-refractivity contribution in [3.63, 3.8) is 0 Å². The molecule has 0 aliphatic heterocycles. The van der Waals surface area contributed by atoms with Gasteiger partial charge in [0.05, 0.1) is 6.10 Å². The highest BCUT2D eigenvalue weighted by atomic mass is 19.4. The van der Waals surface area contributed by atoms with Crippen LogP contribution >= 0.6 is 0 Å². The molecule has 0 heterocycles. The van der Waals surface area contributed by atoms with Crippen molar-refractivity contribution in [1.82, 2.24) is 0 Å². The summed E-state index contributed by atoms with van der Waals surface area (Å²) < 4.78 is 38.3. The zero-order chi connectivity index (χ0) is 20.7. The van der Waals surface area contributed by atoms with Crippen LogP contribution in [0.5, 0.6) is 0 Å². The lowest BCUT2D eigenvalue weighted by molar-refractivity contribution is -0.146. The van der Waals surface area contributed by atoms with Gasteiger partial charge in [-0.1, -0.05) is 27.7 Å². The third kappa shape index (κ3) is 3.88. The van der Waals surface area contributed by atoms with Crippen LogP contribution in [0.15, 0.2) is 0 Å². The highest BCUT2D eigenvalue weighted by molar-refractivity contribution is 5.09. The lowest BCUT2D eigenvalue weighted by Gasteiger charge is -2.61. The van der Waals surface area contributed by atoms with Crippen molar-refractivity contribution in [3.05, 3.63) is 0 Å². The van der Waals surface area contributed by atoms with Gasteiger partial charge in [0.1, 0.15) is 0 Å². The Hall–Kier alpha value is -0.250. The molecule has 4 saturated carbocycles. The number of alkyl halides is 3. The highest BCUT2D eigenvalue weighted by Gasteiger charge is 2.60. The summed E-state index contributed by atoms with van der Waals surface area (Å²) in [7, 11) is 0. The summed E-state index contributed by atoms with van der Waals surface area (Å²) in [5.41, 5.74) is 0.483. The molecule has 4 aliphatic rings. The normalized spacial score (nSPS) is 48.0. The molecule has 0 spiro atoms. The SMILES string of the molecule is CC.CC12CCC(O)CC1CCC1C2CCC2(C)C1CC[C@@H]2CCC(F)(F)F. The van der Waals surface area contributed by atoms with Crippen molar-refractivity contribution < 1.29 is 18.3 Å². The molecule has 0 aromatic carbocycles. The molecule has 7 unspecified atom stereocenters. The van der Waals surface area contributed by atoms with Gasteiger partial charge in [0.25, 0.3) is 0 Å². The van der Waals surface area contributed by atoms with Crippen LogP contribution in [-0.4, -0.2) is 17.4 Å². The van der Waals surface area contributed by atoms with Crippen LogP contribution in [0.4, 0.5) is 13.2 Å². The monoisotopic (exact) mass is 402 g/mol. The maximum absolute atomic E-state index is 12.8. The Labute approximate surface area is 169 Å². The standard InChI is InChI=1S/C22H35F3O.C2H6/c1-20-11-9-19-17(5-3-15-13-16(26)8-10-21(15,19)2)18(20)6-4-14(20)7-12-22(23,24)25;1-2/h14-19,26H,3-13H2,1-2H3;1-2H3/t14-,15?,16?,17?,18?,19?,20?,21?;/m1./s1. The molecule has 0 saturated heterocycles. The second-order valence-electron chi connectivity index (χ2n) is 10.6. The Kier molecular flexibility index (Phi) is 6.50. The largest absolute Gasteiger partial charge is 0.393 e. The molecule has 0 aromatic heterocycles. The third-order valence-electron chi connectivity index (χ3n) is 9.61. The summed E-state index contributed by atoms with van der Waals surface area (Å²) in [5, 5.41) is 10.1. The molecular formula is C24H41F3O. The van der Waals surface area contributed by atoms with E-state index in [1.807, 2.05) is 13.8 Å². The van der Waals surface area contributed by atoms with Gasteiger partial charge in [0.15, 0.2) is 0 Å². The van der Waals surface area contributed by atoms with Gasteiger partial charge >= 0.3 is 6.18 Å². The summed E-state index contributed by atoms with van der Waals surface area (Å²) in [6.45, 7) is 8.79. The Bertz CT molecular complexity index is 532. The Morgan fingerprint density at radius 3 is 2.18 bits per heavy atom. The molecule has 0 aromatic rings. The van der Waals surface area contributed by atoms with Crippen LogP contribution in [0.2, 0.25) is 0 Å². The van der Waals surface area contributed by atoms with E-state index in [-0.39, 0.29) is 17.4 Å². The van der Waals surface area contributed by atoms with Crippen LogP contribution in [0, 0.1) is 40.4 Å². The molecule has 0 amide bonds. The van der Waals surface area contributed by atoms with Crippen LogP contribution < -0.4 is 0 Å². The van der Waals surface area contributed by atoms with Crippen molar-refractivity contribution in [2.24, 2.45) is 40.4 Å². The summed E-state index contributed by atoms with van der Waals surface area (Å²) in [6.07, 6.45) is 5.56. The predicted octanol–water partition coefficient (Wildman–Crippen LogP) is 7.37. The van der Waals surface area contributed by atoms with Gasteiger partial charge in [-0.15, -0.1) is 0 Å². The highest BCUT2D eigenvalue weighted by Crippen LogP contribution is 2.68. The second kappa shape index (κ2) is 8.12. The number of hydrogen-bond donors (Lipinski definition) is 1. The Morgan fingerprint density at radius 1 is 0.857 bits per heavy atom. The minimum atomic E-state index is -4.01. The zero-order valence-electron chi connectivity index (χ0n) is 18.3. The first-order valence-electron chi connectivity index (χ1n) is 11.9. The smallest absolute Gasteiger partial charge is 0.389 e. The lowest BCUT2D eigenvalue weighted by atomic mass is 9.44. The van der Waals surface area contributed by atoms with Crippen LogP contribution in [0.25, 0.3) is 0 Å². The van der Waals surface area contributed by atoms with Gasteiger partial charge in [-0.25, -0.2) is 0 Å². The van der Waals surface area contributed by atoms with E-state index in [1.165, 1.54) is 19.3 Å². The minimum Gasteiger partial charge on any atom is -0.393 e. The topological polar surface area (TPSA) is 20.2 Å². The van der Waals surface area contributed by atoms with Crippen molar-refractivity contribution in [2.75, 3.05) is 0 Å². The van der Waals surface area contributed by atoms with Gasteiger partial charge < -0.3 is 5.11 Å². The minimum absolute atomic E-state index is 0.114. The number of rotatable bonds is 2. The van der Waals surface area contributed by atoms with E-state index in [9.17, 15) is 18.3 Å². The van der Waals surface area contributed by atoms with Gasteiger partial charge in [0.2, 0.25) is 0 Å². The number of aliphatic hydroxyl groups is 1. The van der Waals surface area contributed by atoms with E-state index < -0.39 is 12.6 Å². The summed E-state index contributed by atoms with van der Waals surface area (Å²) in [5.74, 6) is 2.98. The molecule has 4 fully saturated rings. The van der Waals surface area contributed by atoms with Crippen molar-refractivity contribution >= 4 is 0 Å². The first-order chi connectivity index (χ1) is 13.1. The van der Waals surface area contributed by atoms with Crippen LogP contribution in [0.3, 0.4) is 0 Å². The third-order valence-corrected chi connectivity index (χ3v) is 9.61. The molecule has 28 heavy (non-hydrogen) atoms. The van der Waals surface area contributed by atoms with Crippen LogP contribution in [0.1, 0.15) is 98.3 Å². The van der Waals surface area contributed by atoms with E-state index in [0.717, 1.165) is 44.4 Å². The quantitative estimate of drug-likeness (QED) is 0.511. The fourth-order valence-corrected chi connectivity index (χ4v) is 8.16. The van der Waals surface area contributed by atoms with E-state index in [4.69, 9.17) is 0 Å². The predicted molar refractivity (Wildman–Crippen MR) is 108 cm³/mol. The molecule has 1 N–H and O–H groups in total. The molecule has 164 valence electrons. The lowest BCUT2D eigenvalue weighted by Crippen LogP contribution is -2.53. The van der Waals surface area contributed by atoms with Crippen molar-refractivity contribution in [2.45, 2.75) is 111 Å². The van der Waals surface area contributed by atoms with Gasteiger partial charge in [0, 0.05) is 6.42 Å². The maximum Gasteiger partial charge on any atom is 0.389 e. The Morgan fingerprint density at radius 2 is 1.50 bits per heavy atom.